The van der Waals surface area contributed by atoms with Gasteiger partial charge in [-0.3, -0.25) is 4.79 Å². The van der Waals surface area contributed by atoms with E-state index < -0.39 is 0 Å². The minimum atomic E-state index is -0.339. The van der Waals surface area contributed by atoms with Crippen LogP contribution in [0.2, 0.25) is 5.02 Å². The van der Waals surface area contributed by atoms with E-state index in [1.54, 1.807) is 24.3 Å². The van der Waals surface area contributed by atoms with Crippen LogP contribution in [0.25, 0.3) is 11.5 Å². The summed E-state index contributed by atoms with van der Waals surface area (Å²) in [5, 5.41) is 8.78. The van der Waals surface area contributed by atoms with Gasteiger partial charge in [-0.15, -0.1) is 10.2 Å². The average Bonchev–Trinajstić information content (AvgIpc) is 3.06. The van der Waals surface area contributed by atoms with Crippen molar-refractivity contribution in [2.45, 2.75) is 31.2 Å². The van der Waals surface area contributed by atoms with Crippen molar-refractivity contribution in [1.29, 1.82) is 0 Å². The molecule has 3 rings (SSSR count). The van der Waals surface area contributed by atoms with Gasteiger partial charge in [-0.2, -0.15) is 0 Å². The van der Waals surface area contributed by atoms with E-state index in [-0.39, 0.29) is 11.0 Å². The number of thioether (sulfide) groups is 1. The second-order valence-electron chi connectivity index (χ2n) is 5.80. The molecule has 0 spiro atoms. The van der Waals surface area contributed by atoms with Gasteiger partial charge in [0.15, 0.2) is 5.78 Å². The van der Waals surface area contributed by atoms with Gasteiger partial charge in [0.2, 0.25) is 5.89 Å². The number of aryl methyl sites for hydroxylation is 2. The number of carbonyl (C=O) groups excluding carboxylic acids is 1. The zero-order chi connectivity index (χ0) is 18.0. The SMILES string of the molecule is Cc1ccc(-c2nnc(SC(C)C(=O)c3ccc(Cl)cc3)o2)cc1C. The van der Waals surface area contributed by atoms with Gasteiger partial charge in [0.1, 0.15) is 0 Å². The monoisotopic (exact) mass is 372 g/mol. The fourth-order valence-corrected chi connectivity index (χ4v) is 3.19. The molecule has 0 bridgehead atoms. The highest BCUT2D eigenvalue weighted by molar-refractivity contribution is 8.00. The Kier molecular flexibility index (Phi) is 5.25. The number of hydrogen-bond acceptors (Lipinski definition) is 5. The predicted molar refractivity (Wildman–Crippen MR) is 100 cm³/mol. The van der Waals surface area contributed by atoms with Crippen LogP contribution in [-0.4, -0.2) is 21.2 Å². The highest BCUT2D eigenvalue weighted by atomic mass is 35.5. The van der Waals surface area contributed by atoms with Crippen molar-refractivity contribution in [3.05, 3.63) is 64.2 Å². The summed E-state index contributed by atoms with van der Waals surface area (Å²) in [6.45, 7) is 5.91. The van der Waals surface area contributed by atoms with Crippen LogP contribution in [0.4, 0.5) is 0 Å². The molecule has 128 valence electrons. The summed E-state index contributed by atoms with van der Waals surface area (Å²) in [4.78, 5) is 12.5. The molecule has 0 fully saturated rings. The molecule has 0 amide bonds. The van der Waals surface area contributed by atoms with Gasteiger partial charge in [-0.25, -0.2) is 0 Å². The van der Waals surface area contributed by atoms with Crippen LogP contribution < -0.4 is 0 Å². The fraction of sp³-hybridized carbons (Fsp3) is 0.211. The Morgan fingerprint density at radius 3 is 2.48 bits per heavy atom. The van der Waals surface area contributed by atoms with E-state index in [9.17, 15) is 4.79 Å². The zero-order valence-corrected chi connectivity index (χ0v) is 15.7. The standard InChI is InChI=1S/C19H17ClN2O2S/c1-11-4-5-15(10-12(11)2)18-21-22-19(24-18)25-13(3)17(23)14-6-8-16(20)9-7-14/h4-10,13H,1-3H3. The first-order valence-electron chi connectivity index (χ1n) is 7.81. The third kappa shape index (κ3) is 4.11. The Morgan fingerprint density at radius 2 is 1.80 bits per heavy atom. The van der Waals surface area contributed by atoms with Crippen molar-refractivity contribution in [3.63, 3.8) is 0 Å². The first kappa shape index (κ1) is 17.7. The minimum Gasteiger partial charge on any atom is -0.411 e. The van der Waals surface area contributed by atoms with Crippen molar-refractivity contribution in [3.8, 4) is 11.5 Å². The molecule has 0 aliphatic rings. The topological polar surface area (TPSA) is 56.0 Å². The maximum absolute atomic E-state index is 12.5. The molecule has 6 heteroatoms. The lowest BCUT2D eigenvalue weighted by molar-refractivity contribution is 0.0993. The van der Waals surface area contributed by atoms with Crippen LogP contribution in [0.1, 0.15) is 28.4 Å². The predicted octanol–water partition coefficient (Wildman–Crippen LogP) is 5.37. The van der Waals surface area contributed by atoms with E-state index in [1.807, 2.05) is 32.0 Å². The molecule has 0 aliphatic heterocycles. The summed E-state index contributed by atoms with van der Waals surface area (Å²) in [7, 11) is 0. The lowest BCUT2D eigenvalue weighted by Gasteiger charge is -2.07. The highest BCUT2D eigenvalue weighted by Gasteiger charge is 2.20. The molecule has 1 aromatic heterocycles. The van der Waals surface area contributed by atoms with E-state index in [2.05, 4.69) is 17.1 Å². The summed E-state index contributed by atoms with van der Waals surface area (Å²) < 4.78 is 5.71. The first-order valence-corrected chi connectivity index (χ1v) is 9.07. The summed E-state index contributed by atoms with van der Waals surface area (Å²) in [5.74, 6) is 0.448. The Morgan fingerprint density at radius 1 is 1.08 bits per heavy atom. The van der Waals surface area contributed by atoms with Crippen LogP contribution >= 0.6 is 23.4 Å². The van der Waals surface area contributed by atoms with Crippen molar-refractivity contribution < 1.29 is 9.21 Å². The van der Waals surface area contributed by atoms with Gasteiger partial charge in [0.05, 0.1) is 5.25 Å². The number of nitrogens with zero attached hydrogens (tertiary/aromatic N) is 2. The average molecular weight is 373 g/mol. The molecule has 1 heterocycles. The third-order valence-corrected chi connectivity index (χ3v) is 5.12. The number of aromatic nitrogens is 2. The Labute approximate surface area is 155 Å². The molecule has 0 aliphatic carbocycles. The molecule has 25 heavy (non-hydrogen) atoms. The number of carbonyl (C=O) groups is 1. The van der Waals surface area contributed by atoms with Crippen molar-refractivity contribution in [2.24, 2.45) is 0 Å². The van der Waals surface area contributed by atoms with Crippen LogP contribution in [-0.2, 0) is 0 Å². The van der Waals surface area contributed by atoms with Gasteiger partial charge >= 0.3 is 0 Å². The van der Waals surface area contributed by atoms with E-state index in [0.29, 0.717) is 21.7 Å². The molecular weight excluding hydrogens is 356 g/mol. The second-order valence-corrected chi connectivity index (χ2v) is 7.53. The Balaban J connectivity index is 1.73. The molecular formula is C19H17ClN2O2S. The first-order chi connectivity index (χ1) is 11.9. The van der Waals surface area contributed by atoms with E-state index in [0.717, 1.165) is 11.1 Å². The summed E-state index contributed by atoms with van der Waals surface area (Å²) in [6.07, 6.45) is 0. The quantitative estimate of drug-likeness (QED) is 0.445. The normalized spacial score (nSPS) is 12.2. The van der Waals surface area contributed by atoms with Crippen LogP contribution in [0, 0.1) is 13.8 Å². The van der Waals surface area contributed by atoms with Gasteiger partial charge in [0, 0.05) is 16.1 Å². The maximum Gasteiger partial charge on any atom is 0.277 e. The third-order valence-electron chi connectivity index (χ3n) is 3.94. The molecule has 1 atom stereocenters. The van der Waals surface area contributed by atoms with Gasteiger partial charge in [0.25, 0.3) is 5.22 Å². The van der Waals surface area contributed by atoms with E-state index >= 15 is 0 Å². The van der Waals surface area contributed by atoms with Gasteiger partial charge < -0.3 is 4.42 Å². The Bertz CT molecular complexity index is 906. The fourth-order valence-electron chi connectivity index (χ4n) is 2.30. The molecule has 2 aromatic carbocycles. The Hall–Kier alpha value is -2.11. The molecule has 3 aromatic rings. The zero-order valence-electron chi connectivity index (χ0n) is 14.1. The van der Waals surface area contributed by atoms with Crippen molar-refractivity contribution in [2.75, 3.05) is 0 Å². The molecule has 0 radical (unpaired) electrons. The molecule has 0 saturated carbocycles. The molecule has 0 N–H and O–H groups in total. The summed E-state index contributed by atoms with van der Waals surface area (Å²) in [5.41, 5.74) is 3.86. The highest BCUT2D eigenvalue weighted by Crippen LogP contribution is 2.28. The number of ketones is 1. The lowest BCUT2D eigenvalue weighted by atomic mass is 10.1. The van der Waals surface area contributed by atoms with Crippen LogP contribution in [0.3, 0.4) is 0 Å². The number of Topliss-reactive ketones (excluding diaryl/α,β-unsaturated/α-hetero) is 1. The molecule has 0 saturated heterocycles. The number of benzene rings is 2. The summed E-state index contributed by atoms with van der Waals surface area (Å²) in [6, 6.07) is 12.8. The molecule has 4 nitrogen and oxygen atoms in total. The van der Waals surface area contributed by atoms with Gasteiger partial charge in [-0.05, 0) is 68.3 Å². The van der Waals surface area contributed by atoms with Crippen molar-refractivity contribution in [1.82, 2.24) is 10.2 Å². The minimum absolute atomic E-state index is 0.00685. The van der Waals surface area contributed by atoms with Crippen molar-refractivity contribution >= 4 is 29.1 Å². The summed E-state index contributed by atoms with van der Waals surface area (Å²) >= 11 is 7.11. The number of halogens is 1. The number of rotatable bonds is 5. The van der Waals surface area contributed by atoms with Crippen LogP contribution in [0.5, 0.6) is 0 Å². The lowest BCUT2D eigenvalue weighted by Crippen LogP contribution is -2.13. The van der Waals surface area contributed by atoms with E-state index in [4.69, 9.17) is 16.0 Å². The van der Waals surface area contributed by atoms with Crippen LogP contribution in [0.15, 0.2) is 52.1 Å². The smallest absolute Gasteiger partial charge is 0.277 e. The second kappa shape index (κ2) is 7.42. The van der Waals surface area contributed by atoms with E-state index in [1.165, 1.54) is 17.3 Å². The number of hydrogen-bond donors (Lipinski definition) is 0. The largest absolute Gasteiger partial charge is 0.411 e. The molecule has 1 unspecified atom stereocenters. The van der Waals surface area contributed by atoms with Gasteiger partial charge in [-0.1, -0.05) is 29.4 Å². The maximum atomic E-state index is 12.5.